The molecule has 5 aliphatic rings. The first kappa shape index (κ1) is 61.4. The average molecular weight is 1170 g/mol. The van der Waals surface area contributed by atoms with Crippen molar-refractivity contribution in [3.8, 4) is 5.75 Å². The number of fused-ring (bicyclic) bond motifs is 5. The summed E-state index contributed by atoms with van der Waals surface area (Å²) in [4.78, 5) is 183. The van der Waals surface area contributed by atoms with E-state index in [-0.39, 0.29) is 51.2 Å². The first-order valence-corrected chi connectivity index (χ1v) is 28.0. The molecular weight excluding hydrogens is 1100 g/mol. The molecule has 6 heterocycles. The molecular formula is C51H68N12O18S. The Morgan fingerprint density at radius 2 is 1.54 bits per heavy atom. The molecule has 0 spiro atoms. The van der Waals surface area contributed by atoms with Crippen LogP contribution in [0.1, 0.15) is 84.1 Å². The highest BCUT2D eigenvalue weighted by molar-refractivity contribution is 7.99. The van der Waals surface area contributed by atoms with Crippen LogP contribution in [-0.4, -0.2) is 191 Å². The molecule has 6 unspecified atom stereocenters. The first-order valence-electron chi connectivity index (χ1n) is 27.0. The van der Waals surface area contributed by atoms with Crippen LogP contribution < -0.4 is 53.0 Å². The lowest BCUT2D eigenvalue weighted by Gasteiger charge is -2.32. The topological polar surface area (TPSA) is 424 Å². The Labute approximate surface area is 473 Å². The molecule has 31 heteroatoms. The Kier molecular flexibility index (Phi) is 20.9. The van der Waals surface area contributed by atoms with Gasteiger partial charge in [0.15, 0.2) is 0 Å². The molecule has 0 saturated carbocycles. The van der Waals surface area contributed by atoms with Crippen molar-refractivity contribution in [2.75, 3.05) is 45.1 Å². The van der Waals surface area contributed by atoms with E-state index in [0.29, 0.717) is 64.4 Å². The summed E-state index contributed by atoms with van der Waals surface area (Å²) in [5.41, 5.74) is 6.40. The van der Waals surface area contributed by atoms with Crippen LogP contribution in [0.5, 0.6) is 5.75 Å². The van der Waals surface area contributed by atoms with Gasteiger partial charge in [-0.05, 0) is 36.5 Å². The number of rotatable bonds is 15. The summed E-state index contributed by atoms with van der Waals surface area (Å²) in [5, 5.41) is 32.6. The monoisotopic (exact) mass is 1170 g/mol. The van der Waals surface area contributed by atoms with Gasteiger partial charge < -0.3 is 82.3 Å². The molecule has 0 aliphatic carbocycles. The Balaban J connectivity index is 1.23. The molecule has 1 aromatic heterocycles. The van der Waals surface area contributed by atoms with E-state index in [1.54, 1.807) is 32.0 Å². The molecule has 1 aromatic carbocycles. The van der Waals surface area contributed by atoms with Gasteiger partial charge in [0, 0.05) is 61.9 Å². The second kappa shape index (κ2) is 28.0. The van der Waals surface area contributed by atoms with Crippen LogP contribution in [0.25, 0.3) is 10.9 Å². The number of hydrogen-bond donors (Lipinski definition) is 11. The van der Waals surface area contributed by atoms with Crippen molar-refractivity contribution in [1.29, 1.82) is 0 Å². The Hall–Kier alpha value is -8.22. The number of primary amides is 1. The number of carbonyl (C=O) groups excluding carboxylic acids is 13. The molecule has 2 bridgehead atoms. The number of carbonyl (C=O) groups is 13. The molecule has 30 nitrogen and oxygen atoms in total. The van der Waals surface area contributed by atoms with Crippen molar-refractivity contribution in [2.24, 2.45) is 17.6 Å². The summed E-state index contributed by atoms with van der Waals surface area (Å²) < 4.78 is 16.4. The number of thioether (sulfide) groups is 1. The highest BCUT2D eigenvalue weighted by Gasteiger charge is 2.46. The number of ether oxygens (including phenoxy) is 3. The SMILES string of the molecule is CC[C@H](C)[C@@H]1NC(=O)CNC(=O)C2Cc3c([nH]c4cc(OCCCCCCNC(=O)ON5C(=O)CCC5=O)ccc34)SCC(NC(=O)CNC1=O)C(=O)N[C@@H](CC(N)=O)C(=O)N1CC(O)CC1C(=O)NC([C@@H](C)C1COC(=O)O1)C(=O)N2. The third-order valence-electron chi connectivity index (χ3n) is 14.6. The average Bonchev–Trinajstić information content (AvgIpc) is 4.14. The number of H-pyrrole nitrogens is 1. The van der Waals surface area contributed by atoms with E-state index in [1.165, 1.54) is 6.92 Å². The smallest absolute Gasteiger partial charge is 0.494 e. The number of aliphatic hydroxyl groups excluding tert-OH is 1. The van der Waals surface area contributed by atoms with Gasteiger partial charge >= 0.3 is 12.2 Å². The number of imide groups is 1. The number of nitrogens with zero attached hydrogens (tertiary/aromatic N) is 2. The number of benzene rings is 1. The number of hydroxylamine groups is 2. The van der Waals surface area contributed by atoms with Crippen LogP contribution in [0.4, 0.5) is 9.59 Å². The molecule has 2 aromatic rings. The summed E-state index contributed by atoms with van der Waals surface area (Å²) in [6.45, 7) is 3.16. The first-order chi connectivity index (χ1) is 39.1. The highest BCUT2D eigenvalue weighted by Crippen LogP contribution is 2.34. The largest absolute Gasteiger partial charge is 0.508 e. The van der Waals surface area contributed by atoms with E-state index in [9.17, 15) is 67.4 Å². The van der Waals surface area contributed by atoms with E-state index >= 15 is 0 Å². The zero-order chi connectivity index (χ0) is 59.4. The zero-order valence-corrected chi connectivity index (χ0v) is 46.1. The fourth-order valence-electron chi connectivity index (χ4n) is 9.80. The second-order valence-electron chi connectivity index (χ2n) is 20.5. The van der Waals surface area contributed by atoms with Crippen molar-refractivity contribution in [1.82, 2.24) is 57.5 Å². The van der Waals surface area contributed by atoms with Crippen LogP contribution in [0.15, 0.2) is 23.2 Å². The van der Waals surface area contributed by atoms with Crippen LogP contribution >= 0.6 is 11.8 Å². The van der Waals surface area contributed by atoms with Crippen LogP contribution in [0.2, 0.25) is 0 Å². The lowest BCUT2D eigenvalue weighted by Crippen LogP contribution is -2.62. The second-order valence-corrected chi connectivity index (χ2v) is 21.6. The molecule has 82 heavy (non-hydrogen) atoms. The van der Waals surface area contributed by atoms with Gasteiger partial charge in [-0.15, -0.1) is 16.8 Å². The Morgan fingerprint density at radius 1 is 0.829 bits per heavy atom. The number of cyclic esters (lactones) is 2. The number of nitrogens with one attached hydrogen (secondary N) is 9. The van der Waals surface area contributed by atoms with Crippen molar-refractivity contribution < 1.29 is 86.5 Å². The summed E-state index contributed by atoms with van der Waals surface area (Å²) in [6, 6.07) is -4.33. The van der Waals surface area contributed by atoms with Gasteiger partial charge in [-0.1, -0.05) is 40.0 Å². The van der Waals surface area contributed by atoms with Crippen LogP contribution in [-0.2, 0) is 73.5 Å². The third kappa shape index (κ3) is 15.8. The maximum atomic E-state index is 14.9. The normalized spacial score (nSPS) is 26.1. The molecule has 3 saturated heterocycles. The minimum absolute atomic E-state index is 0.0279. The molecule has 10 atom stereocenters. The summed E-state index contributed by atoms with van der Waals surface area (Å²) >= 11 is 0.973. The zero-order valence-electron chi connectivity index (χ0n) is 45.3. The summed E-state index contributed by atoms with van der Waals surface area (Å²) in [7, 11) is 0. The van der Waals surface area contributed by atoms with E-state index < -0.39 is 164 Å². The fraction of sp³-hybridized carbons (Fsp3) is 0.588. The van der Waals surface area contributed by atoms with E-state index in [1.807, 2.05) is 0 Å². The van der Waals surface area contributed by atoms with Crippen LogP contribution in [0, 0.1) is 11.8 Å². The van der Waals surface area contributed by atoms with Gasteiger partial charge in [0.05, 0.1) is 42.8 Å². The summed E-state index contributed by atoms with van der Waals surface area (Å²) in [6.07, 6.45) is -3.13. The lowest BCUT2D eigenvalue weighted by molar-refractivity contribution is -0.171. The number of hydrogen-bond acceptors (Lipinski definition) is 19. The van der Waals surface area contributed by atoms with Crippen molar-refractivity contribution >= 4 is 99.9 Å². The molecule has 7 rings (SSSR count). The minimum atomic E-state index is -1.77. The van der Waals surface area contributed by atoms with E-state index in [4.69, 9.17) is 24.8 Å². The van der Waals surface area contributed by atoms with Gasteiger partial charge in [-0.25, -0.2) is 9.59 Å². The van der Waals surface area contributed by atoms with Gasteiger partial charge in [0.2, 0.25) is 53.2 Å². The number of aliphatic hydroxyl groups is 1. The number of nitrogens with two attached hydrogens (primary N) is 1. The number of aromatic amines is 1. The number of unbranched alkanes of at least 4 members (excludes halogenated alkanes) is 3. The molecule has 12 amide bonds. The number of amides is 12. The van der Waals surface area contributed by atoms with E-state index in [0.717, 1.165) is 16.7 Å². The minimum Gasteiger partial charge on any atom is -0.494 e. The molecule has 5 aliphatic heterocycles. The standard InChI is InChI=1S/C51H68N12O18S/c1-4-24(2)41-46(73)55-19-37(66)56-33-23-82-48-29(28-10-9-27(16-30(28)59-48)78-14-8-6-5-7-13-53-50(76)81-63-39(68)11-12-40(63)69)17-31(43(70)54-20-38(67)60-41)57-47(74)42(25(3)35-22-79-51(77)80-35)61-45(72)34-15-26(64)21-62(34)49(75)32(18-36(52)65)58-44(33)71/h9-10,16,24-26,31-35,41-42,59,64H,4-8,11-15,17-23H2,1-3H3,(H2,52,65)(H,53,76)(H,54,70)(H,55,73)(H,56,66)(H,57,74)(H,58,71)(H,60,67)(H,61,72)/t24-,25-,26?,31?,32-,33?,34?,35?,41-,42?/m0/s1. The Morgan fingerprint density at radius 3 is 2.23 bits per heavy atom. The molecule has 0 radical (unpaired) electrons. The van der Waals surface area contributed by atoms with E-state index in [2.05, 4.69) is 47.5 Å². The van der Waals surface area contributed by atoms with Gasteiger partial charge in [-0.2, -0.15) is 0 Å². The Bertz CT molecular complexity index is 2820. The summed E-state index contributed by atoms with van der Waals surface area (Å²) in [5.74, 6) is -11.2. The highest BCUT2D eigenvalue weighted by atomic mass is 32.2. The quantitative estimate of drug-likeness (QED) is 0.0490. The van der Waals surface area contributed by atoms with Crippen molar-refractivity contribution in [3.05, 3.63) is 23.8 Å². The molecule has 12 N–H and O–H groups in total. The van der Waals surface area contributed by atoms with Crippen LogP contribution in [0.3, 0.4) is 0 Å². The van der Waals surface area contributed by atoms with Gasteiger partial charge in [0.25, 0.3) is 11.8 Å². The molecule has 3 fully saturated rings. The predicted octanol–water partition coefficient (Wildman–Crippen LogP) is -2.73. The maximum Gasteiger partial charge on any atom is 0.508 e. The maximum absolute atomic E-state index is 14.9. The van der Waals surface area contributed by atoms with Gasteiger partial charge in [0.1, 0.15) is 54.7 Å². The lowest BCUT2D eigenvalue weighted by atomic mass is 9.93. The van der Waals surface area contributed by atoms with Crippen molar-refractivity contribution in [3.63, 3.8) is 0 Å². The third-order valence-corrected chi connectivity index (χ3v) is 15.7. The van der Waals surface area contributed by atoms with Crippen molar-refractivity contribution in [2.45, 2.75) is 138 Å². The number of aromatic nitrogens is 1. The fourth-order valence-corrected chi connectivity index (χ4v) is 10.9. The van der Waals surface area contributed by atoms with Gasteiger partial charge in [-0.3, -0.25) is 52.7 Å². The predicted molar refractivity (Wildman–Crippen MR) is 283 cm³/mol. The molecule has 446 valence electrons.